The van der Waals surface area contributed by atoms with Crippen molar-refractivity contribution in [2.24, 2.45) is 0 Å². The zero-order chi connectivity index (χ0) is 17.9. The Morgan fingerprint density at radius 3 is 2.48 bits per heavy atom. The molecule has 25 heavy (non-hydrogen) atoms. The van der Waals surface area contributed by atoms with Gasteiger partial charge in [-0.15, -0.1) is 0 Å². The molecule has 0 saturated carbocycles. The molecule has 5 nitrogen and oxygen atoms in total. The van der Waals surface area contributed by atoms with Crippen LogP contribution < -0.4 is 0 Å². The number of ketones is 1. The normalized spacial score (nSPS) is 16.6. The van der Waals surface area contributed by atoms with Gasteiger partial charge in [-0.3, -0.25) is 9.59 Å². The monoisotopic (exact) mass is 340 g/mol. The van der Waals surface area contributed by atoms with E-state index in [-0.39, 0.29) is 11.7 Å². The second-order valence-corrected chi connectivity index (χ2v) is 6.71. The highest BCUT2D eigenvalue weighted by atomic mass is 16.5. The Kier molecular flexibility index (Phi) is 5.02. The Bertz CT molecular complexity index is 743. The van der Waals surface area contributed by atoms with Crippen molar-refractivity contribution in [3.63, 3.8) is 0 Å². The number of amides is 1. The van der Waals surface area contributed by atoms with E-state index in [0.29, 0.717) is 43.7 Å². The van der Waals surface area contributed by atoms with Gasteiger partial charge in [0.05, 0.1) is 11.6 Å². The van der Waals surface area contributed by atoms with Crippen LogP contribution in [0.25, 0.3) is 0 Å². The topological polar surface area (TPSA) is 63.4 Å². The van der Waals surface area contributed by atoms with Gasteiger partial charge in [0.25, 0.3) is 5.91 Å². The fourth-order valence-corrected chi connectivity index (χ4v) is 3.71. The fraction of sp³-hybridized carbons (Fsp3) is 0.450. The zero-order valence-electron chi connectivity index (χ0n) is 14.8. The molecule has 1 fully saturated rings. The summed E-state index contributed by atoms with van der Waals surface area (Å²) < 4.78 is 5.21. The molecule has 0 N–H and O–H groups in total. The summed E-state index contributed by atoms with van der Waals surface area (Å²) in [7, 11) is 0. The zero-order valence-corrected chi connectivity index (χ0v) is 14.8. The van der Waals surface area contributed by atoms with E-state index in [1.54, 1.807) is 6.92 Å². The Morgan fingerprint density at radius 2 is 1.88 bits per heavy atom. The first-order valence-electron chi connectivity index (χ1n) is 8.88. The minimum Gasteiger partial charge on any atom is -0.361 e. The number of Topliss-reactive ketones (excluding diaryl/α,β-unsaturated/α-hetero) is 1. The molecule has 1 aliphatic heterocycles. The number of aromatic nitrogens is 1. The predicted octanol–water partition coefficient (Wildman–Crippen LogP) is 3.39. The number of hydrogen-bond donors (Lipinski definition) is 0. The quantitative estimate of drug-likeness (QED) is 0.837. The number of benzene rings is 1. The van der Waals surface area contributed by atoms with Crippen molar-refractivity contribution in [3.05, 3.63) is 53.4 Å². The van der Waals surface area contributed by atoms with Crippen molar-refractivity contribution >= 4 is 11.7 Å². The lowest BCUT2D eigenvalue weighted by Crippen LogP contribution is -2.48. The van der Waals surface area contributed by atoms with E-state index in [4.69, 9.17) is 4.52 Å². The molecule has 1 saturated heterocycles. The summed E-state index contributed by atoms with van der Waals surface area (Å²) in [5.74, 6) is 0.774. The van der Waals surface area contributed by atoms with E-state index < -0.39 is 5.41 Å². The summed E-state index contributed by atoms with van der Waals surface area (Å²) in [6.45, 7) is 4.82. The van der Waals surface area contributed by atoms with Crippen LogP contribution in [-0.4, -0.2) is 34.8 Å². The molecule has 0 bridgehead atoms. The van der Waals surface area contributed by atoms with Crippen LogP contribution in [-0.2, 0) is 16.6 Å². The third-order valence-electron chi connectivity index (χ3n) is 5.26. The van der Waals surface area contributed by atoms with Gasteiger partial charge in [0.2, 0.25) is 0 Å². The van der Waals surface area contributed by atoms with Crippen molar-refractivity contribution in [2.45, 2.75) is 44.9 Å². The number of hydrogen-bond acceptors (Lipinski definition) is 4. The lowest BCUT2D eigenvalue weighted by Gasteiger charge is -2.40. The van der Waals surface area contributed by atoms with E-state index in [1.807, 2.05) is 42.2 Å². The van der Waals surface area contributed by atoms with E-state index >= 15 is 0 Å². The number of likely N-dealkylation sites (tertiary alicyclic amines) is 1. The molecule has 0 spiro atoms. The van der Waals surface area contributed by atoms with Crippen molar-refractivity contribution in [1.82, 2.24) is 10.1 Å². The number of aryl methyl sites for hydroxylation is 1. The van der Waals surface area contributed by atoms with Gasteiger partial charge in [-0.2, -0.15) is 0 Å². The minimum absolute atomic E-state index is 0.0464. The fourth-order valence-electron chi connectivity index (χ4n) is 3.71. The molecule has 1 amide bonds. The van der Waals surface area contributed by atoms with Gasteiger partial charge in [-0.25, -0.2) is 0 Å². The predicted molar refractivity (Wildman–Crippen MR) is 94.4 cm³/mol. The highest BCUT2D eigenvalue weighted by Gasteiger charge is 2.41. The standard InChI is InChI=1S/C20H24N2O3/c1-3-7-18-17(14-21-25-18)19(24)22-12-10-20(11-13-22,15(2)23)16-8-5-4-6-9-16/h4-6,8-9,14H,3,7,10-13H2,1-2H3. The summed E-state index contributed by atoms with van der Waals surface area (Å²) in [4.78, 5) is 27.1. The second kappa shape index (κ2) is 7.21. The molecule has 2 heterocycles. The third kappa shape index (κ3) is 3.23. The summed E-state index contributed by atoms with van der Waals surface area (Å²) in [6, 6.07) is 9.91. The molecule has 1 aliphatic rings. The highest BCUT2D eigenvalue weighted by Crippen LogP contribution is 2.37. The summed E-state index contributed by atoms with van der Waals surface area (Å²) >= 11 is 0. The number of piperidine rings is 1. The van der Waals surface area contributed by atoms with Gasteiger partial charge in [-0.05, 0) is 31.7 Å². The van der Waals surface area contributed by atoms with Crippen LogP contribution >= 0.6 is 0 Å². The largest absolute Gasteiger partial charge is 0.361 e. The van der Waals surface area contributed by atoms with E-state index in [9.17, 15) is 9.59 Å². The van der Waals surface area contributed by atoms with Gasteiger partial charge in [0, 0.05) is 19.5 Å². The number of rotatable bonds is 5. The lowest BCUT2D eigenvalue weighted by atomic mass is 9.70. The maximum Gasteiger partial charge on any atom is 0.259 e. The molecule has 1 aromatic carbocycles. The molecule has 0 radical (unpaired) electrons. The molecule has 0 atom stereocenters. The van der Waals surface area contributed by atoms with Crippen molar-refractivity contribution in [1.29, 1.82) is 0 Å². The molecule has 0 aliphatic carbocycles. The van der Waals surface area contributed by atoms with E-state index in [0.717, 1.165) is 12.0 Å². The summed E-state index contributed by atoms with van der Waals surface area (Å²) in [5.41, 5.74) is 1.11. The molecule has 3 rings (SSSR count). The van der Waals surface area contributed by atoms with Crippen molar-refractivity contribution in [3.8, 4) is 0 Å². The van der Waals surface area contributed by atoms with Gasteiger partial charge < -0.3 is 9.42 Å². The van der Waals surface area contributed by atoms with Crippen LogP contribution in [0.2, 0.25) is 0 Å². The van der Waals surface area contributed by atoms with Gasteiger partial charge in [-0.1, -0.05) is 42.4 Å². The van der Waals surface area contributed by atoms with Crippen LogP contribution in [0.4, 0.5) is 0 Å². The first-order chi connectivity index (χ1) is 12.1. The molecular formula is C20H24N2O3. The second-order valence-electron chi connectivity index (χ2n) is 6.71. The van der Waals surface area contributed by atoms with Crippen LogP contribution in [0, 0.1) is 0 Å². The number of carbonyl (C=O) groups excluding carboxylic acids is 2. The molecule has 0 unspecified atom stereocenters. The first-order valence-corrected chi connectivity index (χ1v) is 8.88. The molecule has 132 valence electrons. The number of nitrogens with zero attached hydrogens (tertiary/aromatic N) is 2. The maximum absolute atomic E-state index is 12.8. The Labute approximate surface area is 148 Å². The van der Waals surface area contributed by atoms with Gasteiger partial charge in [0.1, 0.15) is 17.1 Å². The SMILES string of the molecule is CCCc1oncc1C(=O)N1CCC(C(C)=O)(c2ccccc2)CC1. The van der Waals surface area contributed by atoms with Crippen LogP contribution in [0.1, 0.15) is 54.8 Å². The molecule has 5 heteroatoms. The smallest absolute Gasteiger partial charge is 0.259 e. The minimum atomic E-state index is -0.487. The highest BCUT2D eigenvalue weighted by molar-refractivity contribution is 5.95. The summed E-state index contributed by atoms with van der Waals surface area (Å²) in [6.07, 6.45) is 4.41. The van der Waals surface area contributed by atoms with E-state index in [1.165, 1.54) is 6.20 Å². The Hall–Kier alpha value is -2.43. The maximum atomic E-state index is 12.8. The molecule has 2 aromatic rings. The van der Waals surface area contributed by atoms with E-state index in [2.05, 4.69) is 5.16 Å². The van der Waals surface area contributed by atoms with Crippen LogP contribution in [0.15, 0.2) is 41.1 Å². The molecule has 1 aromatic heterocycles. The van der Waals surface area contributed by atoms with Crippen molar-refractivity contribution in [2.75, 3.05) is 13.1 Å². The average molecular weight is 340 g/mol. The first kappa shape index (κ1) is 17.4. The number of carbonyl (C=O) groups is 2. The Balaban J connectivity index is 1.77. The average Bonchev–Trinajstić information content (AvgIpc) is 3.10. The van der Waals surface area contributed by atoms with Crippen LogP contribution in [0.3, 0.4) is 0 Å². The van der Waals surface area contributed by atoms with Crippen molar-refractivity contribution < 1.29 is 14.1 Å². The Morgan fingerprint density at radius 1 is 1.20 bits per heavy atom. The summed E-state index contributed by atoms with van der Waals surface area (Å²) in [5, 5.41) is 3.78. The molecular weight excluding hydrogens is 316 g/mol. The third-order valence-corrected chi connectivity index (χ3v) is 5.26. The van der Waals surface area contributed by atoms with Crippen LogP contribution in [0.5, 0.6) is 0 Å². The lowest BCUT2D eigenvalue weighted by molar-refractivity contribution is -0.124. The van der Waals surface area contributed by atoms with Gasteiger partial charge >= 0.3 is 0 Å². The van der Waals surface area contributed by atoms with Gasteiger partial charge in [0.15, 0.2) is 0 Å².